The van der Waals surface area contributed by atoms with Crippen LogP contribution in [0.15, 0.2) is 46.3 Å². The molecule has 1 amide bonds. The number of methoxy groups -OCH3 is 1. The molecule has 1 aliphatic rings. The van der Waals surface area contributed by atoms with Crippen LogP contribution in [0.5, 0.6) is 11.5 Å². The molecule has 3 N–H and O–H groups in total. The minimum Gasteiger partial charge on any atom is -0.504 e. The summed E-state index contributed by atoms with van der Waals surface area (Å²) in [5.74, 6) is -0.926. The maximum atomic E-state index is 12.2. The smallest absolute Gasteiger partial charge is 0.335 e. The van der Waals surface area contributed by atoms with Crippen LogP contribution in [0.4, 0.5) is 5.69 Å². The van der Waals surface area contributed by atoms with Crippen LogP contribution in [-0.2, 0) is 4.79 Å². The number of amidine groups is 1. The quantitative estimate of drug-likeness (QED) is 0.441. The van der Waals surface area contributed by atoms with Crippen LogP contribution in [0, 0.1) is 3.57 Å². The first-order valence-electron chi connectivity index (χ1n) is 7.57. The minimum absolute atomic E-state index is 0.0517. The Balaban J connectivity index is 1.84. The minimum atomic E-state index is -1.01. The summed E-state index contributed by atoms with van der Waals surface area (Å²) in [4.78, 5) is 27.8. The van der Waals surface area contributed by atoms with Crippen LogP contribution < -0.4 is 10.1 Å². The molecular formula is C18H13IN2O5S. The molecule has 0 atom stereocenters. The number of carboxylic acid groups (broad SMARTS) is 1. The zero-order chi connectivity index (χ0) is 19.6. The molecule has 1 heterocycles. The van der Waals surface area contributed by atoms with Crippen LogP contribution in [0.1, 0.15) is 15.9 Å². The number of aliphatic imine (C=N–C) groups is 1. The number of nitrogens with zero attached hydrogens (tertiary/aromatic N) is 1. The first-order chi connectivity index (χ1) is 12.9. The molecule has 1 saturated heterocycles. The highest BCUT2D eigenvalue weighted by Crippen LogP contribution is 2.35. The predicted molar refractivity (Wildman–Crippen MR) is 112 cm³/mol. The first kappa shape index (κ1) is 19.2. The molecule has 27 heavy (non-hydrogen) atoms. The predicted octanol–water partition coefficient (Wildman–Crippen LogP) is 3.60. The van der Waals surface area contributed by atoms with Crippen molar-refractivity contribution in [1.29, 1.82) is 0 Å². The number of benzene rings is 2. The highest BCUT2D eigenvalue weighted by Gasteiger charge is 2.24. The number of amides is 1. The normalized spacial score (nSPS) is 16.6. The third-order valence-electron chi connectivity index (χ3n) is 3.56. The molecule has 3 rings (SSSR count). The lowest BCUT2D eigenvalue weighted by molar-refractivity contribution is -0.115. The van der Waals surface area contributed by atoms with Gasteiger partial charge in [0.15, 0.2) is 16.7 Å². The van der Waals surface area contributed by atoms with Gasteiger partial charge in [-0.1, -0.05) is 0 Å². The Morgan fingerprint density at radius 2 is 2.00 bits per heavy atom. The molecule has 2 aromatic rings. The van der Waals surface area contributed by atoms with Gasteiger partial charge in [0.2, 0.25) is 0 Å². The third kappa shape index (κ3) is 4.42. The fourth-order valence-corrected chi connectivity index (χ4v) is 3.73. The molecule has 1 fully saturated rings. The summed E-state index contributed by atoms with van der Waals surface area (Å²) in [5.41, 5.74) is 1.40. The van der Waals surface area contributed by atoms with Gasteiger partial charge in [0, 0.05) is 0 Å². The lowest BCUT2D eigenvalue weighted by Gasteiger charge is -2.06. The number of nitrogens with one attached hydrogen (secondary N) is 1. The average molecular weight is 496 g/mol. The molecule has 2 aromatic carbocycles. The molecule has 0 unspecified atom stereocenters. The van der Waals surface area contributed by atoms with Crippen LogP contribution in [0.3, 0.4) is 0 Å². The van der Waals surface area contributed by atoms with E-state index in [1.807, 2.05) is 22.6 Å². The SMILES string of the molecule is COc1cc(/C=C2/SC(=Nc3ccc(C(=O)O)cc3)NC2=O)cc(I)c1O. The number of phenols is 1. The molecule has 0 aromatic heterocycles. The van der Waals surface area contributed by atoms with Gasteiger partial charge in [0.1, 0.15) is 0 Å². The van der Waals surface area contributed by atoms with E-state index in [1.54, 1.807) is 30.3 Å². The van der Waals surface area contributed by atoms with Crippen LogP contribution in [-0.4, -0.2) is 34.4 Å². The van der Waals surface area contributed by atoms with Crippen molar-refractivity contribution in [2.45, 2.75) is 0 Å². The van der Waals surface area contributed by atoms with Gasteiger partial charge >= 0.3 is 5.97 Å². The number of thioether (sulfide) groups is 1. The number of phenolic OH excluding ortho intramolecular Hbond substituents is 1. The van der Waals surface area contributed by atoms with Crippen molar-refractivity contribution in [1.82, 2.24) is 5.32 Å². The fourth-order valence-electron chi connectivity index (χ4n) is 2.26. The van der Waals surface area contributed by atoms with Crippen molar-refractivity contribution in [3.05, 3.63) is 56.0 Å². The lowest BCUT2D eigenvalue weighted by atomic mass is 10.2. The van der Waals surface area contributed by atoms with Gasteiger partial charge in [-0.15, -0.1) is 0 Å². The largest absolute Gasteiger partial charge is 0.504 e. The standard InChI is InChI=1S/C18H13IN2O5S/c1-26-13-7-9(6-12(19)15(13)22)8-14-16(23)21-18(27-14)20-11-4-2-10(3-5-11)17(24)25/h2-8,22H,1H3,(H,24,25)(H,20,21,23)/b14-8+. The van der Waals surface area contributed by atoms with Crippen molar-refractivity contribution in [2.24, 2.45) is 4.99 Å². The number of rotatable bonds is 4. The molecule has 7 nitrogen and oxygen atoms in total. The van der Waals surface area contributed by atoms with Gasteiger partial charge in [0.05, 0.1) is 26.8 Å². The van der Waals surface area contributed by atoms with E-state index < -0.39 is 5.97 Å². The van der Waals surface area contributed by atoms with Crippen molar-refractivity contribution >= 4 is 63.2 Å². The molecule has 138 valence electrons. The summed E-state index contributed by atoms with van der Waals surface area (Å²) in [6, 6.07) is 9.41. The summed E-state index contributed by atoms with van der Waals surface area (Å²) < 4.78 is 5.73. The van der Waals surface area contributed by atoms with Crippen molar-refractivity contribution < 1.29 is 24.5 Å². The Morgan fingerprint density at radius 1 is 1.30 bits per heavy atom. The Morgan fingerprint density at radius 3 is 2.63 bits per heavy atom. The van der Waals surface area contributed by atoms with E-state index in [0.717, 1.165) is 0 Å². The van der Waals surface area contributed by atoms with Crippen LogP contribution in [0.2, 0.25) is 0 Å². The van der Waals surface area contributed by atoms with E-state index in [4.69, 9.17) is 9.84 Å². The number of hydrogen-bond donors (Lipinski definition) is 3. The van der Waals surface area contributed by atoms with E-state index in [1.165, 1.54) is 31.0 Å². The number of carbonyl (C=O) groups excluding carboxylic acids is 1. The molecule has 0 spiro atoms. The molecule has 0 radical (unpaired) electrons. The summed E-state index contributed by atoms with van der Waals surface area (Å²) in [7, 11) is 1.46. The molecule has 0 saturated carbocycles. The number of carboxylic acids is 1. The fraction of sp³-hybridized carbons (Fsp3) is 0.0556. The van der Waals surface area contributed by atoms with E-state index in [0.29, 0.717) is 30.6 Å². The number of aromatic carboxylic acids is 1. The Hall–Kier alpha value is -2.53. The first-order valence-corrected chi connectivity index (χ1v) is 9.46. The molecule has 0 bridgehead atoms. The number of halogens is 1. The highest BCUT2D eigenvalue weighted by molar-refractivity contribution is 14.1. The molecule has 0 aliphatic carbocycles. The molecular weight excluding hydrogens is 483 g/mol. The van der Waals surface area contributed by atoms with E-state index >= 15 is 0 Å². The maximum absolute atomic E-state index is 12.2. The van der Waals surface area contributed by atoms with Crippen LogP contribution in [0.25, 0.3) is 6.08 Å². The second-order valence-electron chi connectivity index (χ2n) is 5.39. The Bertz CT molecular complexity index is 986. The van der Waals surface area contributed by atoms with E-state index in [9.17, 15) is 14.7 Å². The summed E-state index contributed by atoms with van der Waals surface area (Å²) >= 11 is 3.16. The highest BCUT2D eigenvalue weighted by atomic mass is 127. The van der Waals surface area contributed by atoms with Gasteiger partial charge in [-0.05, 0) is 82.4 Å². The summed E-state index contributed by atoms with van der Waals surface area (Å²) in [6.07, 6.45) is 1.68. The monoisotopic (exact) mass is 496 g/mol. The van der Waals surface area contributed by atoms with E-state index in [2.05, 4.69) is 10.3 Å². The Labute approximate surface area is 172 Å². The van der Waals surface area contributed by atoms with Gasteiger partial charge in [0.25, 0.3) is 5.91 Å². The zero-order valence-corrected chi connectivity index (χ0v) is 16.9. The van der Waals surface area contributed by atoms with Crippen molar-refractivity contribution in [3.8, 4) is 11.5 Å². The van der Waals surface area contributed by atoms with Gasteiger partial charge in [-0.25, -0.2) is 9.79 Å². The van der Waals surface area contributed by atoms with Gasteiger partial charge < -0.3 is 20.3 Å². The topological polar surface area (TPSA) is 108 Å². The van der Waals surface area contributed by atoms with E-state index in [-0.39, 0.29) is 17.2 Å². The van der Waals surface area contributed by atoms with Crippen molar-refractivity contribution in [3.63, 3.8) is 0 Å². The molecule has 9 heteroatoms. The van der Waals surface area contributed by atoms with Gasteiger partial charge in [-0.3, -0.25) is 4.79 Å². The van der Waals surface area contributed by atoms with Crippen molar-refractivity contribution in [2.75, 3.05) is 7.11 Å². The average Bonchev–Trinajstić information content (AvgIpc) is 2.97. The summed E-state index contributed by atoms with van der Waals surface area (Å²) in [6.45, 7) is 0. The number of carbonyl (C=O) groups is 2. The number of aromatic hydroxyl groups is 1. The number of ether oxygens (including phenoxy) is 1. The van der Waals surface area contributed by atoms with Crippen LogP contribution >= 0.6 is 34.4 Å². The zero-order valence-electron chi connectivity index (χ0n) is 13.9. The summed E-state index contributed by atoms with van der Waals surface area (Å²) in [5, 5.41) is 21.9. The van der Waals surface area contributed by atoms with Gasteiger partial charge in [-0.2, -0.15) is 0 Å². The second-order valence-corrected chi connectivity index (χ2v) is 7.58. The maximum Gasteiger partial charge on any atom is 0.335 e. The third-order valence-corrected chi connectivity index (χ3v) is 5.30. The molecule has 1 aliphatic heterocycles. The lowest BCUT2D eigenvalue weighted by Crippen LogP contribution is -2.19. The number of hydrogen-bond acceptors (Lipinski definition) is 6. The second kappa shape index (κ2) is 8.01. The Kier molecular flexibility index (Phi) is 5.71.